The van der Waals surface area contributed by atoms with E-state index >= 15 is 0 Å². The highest BCUT2D eigenvalue weighted by atomic mass is 16.5. The van der Waals surface area contributed by atoms with Crippen LogP contribution in [-0.4, -0.2) is 17.2 Å². The third kappa shape index (κ3) is 2.06. The van der Waals surface area contributed by atoms with Crippen LogP contribution in [0.5, 0.6) is 0 Å². The van der Waals surface area contributed by atoms with Crippen LogP contribution in [0.2, 0.25) is 0 Å². The standard InChI is InChI=1S/C9H15N3O/c1-6-11-9(12-13-6)8(10-2)5-7-3-4-7/h7-8,10H,3-5H2,1-2H3/t8-/m0/s1. The topological polar surface area (TPSA) is 51.0 Å². The van der Waals surface area contributed by atoms with Crippen molar-refractivity contribution in [2.24, 2.45) is 5.92 Å². The molecule has 0 unspecified atom stereocenters. The van der Waals surface area contributed by atoms with Crippen LogP contribution < -0.4 is 5.32 Å². The number of nitrogens with zero attached hydrogens (tertiary/aromatic N) is 2. The van der Waals surface area contributed by atoms with E-state index in [1.807, 2.05) is 14.0 Å². The van der Waals surface area contributed by atoms with Gasteiger partial charge in [0.15, 0.2) is 5.82 Å². The van der Waals surface area contributed by atoms with Crippen molar-refractivity contribution in [3.8, 4) is 0 Å². The molecule has 4 heteroatoms. The molecule has 0 aliphatic heterocycles. The molecule has 4 nitrogen and oxygen atoms in total. The van der Waals surface area contributed by atoms with Gasteiger partial charge in [-0.25, -0.2) is 0 Å². The largest absolute Gasteiger partial charge is 0.340 e. The van der Waals surface area contributed by atoms with E-state index < -0.39 is 0 Å². The maximum Gasteiger partial charge on any atom is 0.223 e. The second-order valence-electron chi connectivity index (χ2n) is 3.69. The maximum absolute atomic E-state index is 4.95. The van der Waals surface area contributed by atoms with Gasteiger partial charge in [0, 0.05) is 6.92 Å². The molecule has 1 heterocycles. The molecular formula is C9H15N3O. The average molecular weight is 181 g/mol. The van der Waals surface area contributed by atoms with E-state index in [2.05, 4.69) is 15.5 Å². The van der Waals surface area contributed by atoms with Gasteiger partial charge in [-0.15, -0.1) is 0 Å². The first kappa shape index (κ1) is 8.69. The molecule has 0 aromatic carbocycles. The highest BCUT2D eigenvalue weighted by Crippen LogP contribution is 2.36. The van der Waals surface area contributed by atoms with Crippen molar-refractivity contribution in [1.82, 2.24) is 15.5 Å². The molecule has 1 aromatic heterocycles. The van der Waals surface area contributed by atoms with E-state index in [9.17, 15) is 0 Å². The summed E-state index contributed by atoms with van der Waals surface area (Å²) < 4.78 is 4.95. The molecule has 1 aromatic rings. The van der Waals surface area contributed by atoms with E-state index in [0.717, 1.165) is 18.2 Å². The predicted molar refractivity (Wildman–Crippen MR) is 48.2 cm³/mol. The minimum absolute atomic E-state index is 0.268. The predicted octanol–water partition coefficient (Wildman–Crippen LogP) is 1.44. The zero-order valence-electron chi connectivity index (χ0n) is 8.08. The van der Waals surface area contributed by atoms with Crippen LogP contribution in [0.25, 0.3) is 0 Å². The molecule has 0 saturated heterocycles. The average Bonchev–Trinajstić information content (AvgIpc) is 2.84. The van der Waals surface area contributed by atoms with Crippen molar-refractivity contribution in [3.63, 3.8) is 0 Å². The van der Waals surface area contributed by atoms with Gasteiger partial charge in [0.2, 0.25) is 5.89 Å². The normalized spacial score (nSPS) is 18.9. The highest BCUT2D eigenvalue weighted by molar-refractivity contribution is 4.95. The van der Waals surface area contributed by atoms with Gasteiger partial charge in [0.25, 0.3) is 0 Å². The first-order chi connectivity index (χ1) is 6.29. The molecule has 0 bridgehead atoms. The summed E-state index contributed by atoms with van der Waals surface area (Å²) in [4.78, 5) is 4.22. The van der Waals surface area contributed by atoms with Crippen molar-refractivity contribution in [1.29, 1.82) is 0 Å². The lowest BCUT2D eigenvalue weighted by Gasteiger charge is -2.10. The second-order valence-corrected chi connectivity index (χ2v) is 3.69. The van der Waals surface area contributed by atoms with E-state index in [1.54, 1.807) is 0 Å². The van der Waals surface area contributed by atoms with E-state index in [0.29, 0.717) is 5.89 Å². The number of hydrogen-bond acceptors (Lipinski definition) is 4. The lowest BCUT2D eigenvalue weighted by Crippen LogP contribution is -2.18. The molecule has 2 rings (SSSR count). The number of rotatable bonds is 4. The zero-order valence-corrected chi connectivity index (χ0v) is 8.08. The van der Waals surface area contributed by atoms with Crippen molar-refractivity contribution < 1.29 is 4.52 Å². The van der Waals surface area contributed by atoms with Crippen LogP contribution in [0.1, 0.15) is 37.0 Å². The first-order valence-electron chi connectivity index (χ1n) is 4.77. The van der Waals surface area contributed by atoms with Gasteiger partial charge in [-0.2, -0.15) is 4.98 Å². The van der Waals surface area contributed by atoms with Crippen molar-refractivity contribution in [2.45, 2.75) is 32.2 Å². The monoisotopic (exact) mass is 181 g/mol. The summed E-state index contributed by atoms with van der Waals surface area (Å²) in [6.07, 6.45) is 3.85. The van der Waals surface area contributed by atoms with Gasteiger partial charge in [0.1, 0.15) is 0 Å². The van der Waals surface area contributed by atoms with Crippen LogP contribution in [-0.2, 0) is 0 Å². The molecule has 1 fully saturated rings. The molecule has 1 aliphatic carbocycles. The molecule has 1 aliphatic rings. The molecule has 0 radical (unpaired) electrons. The van der Waals surface area contributed by atoms with Crippen LogP contribution in [0, 0.1) is 12.8 Å². The van der Waals surface area contributed by atoms with E-state index in [1.165, 1.54) is 12.8 Å². The molecule has 72 valence electrons. The summed E-state index contributed by atoms with van der Waals surface area (Å²) in [6, 6.07) is 0.268. The van der Waals surface area contributed by atoms with Crippen LogP contribution in [0.15, 0.2) is 4.52 Å². The summed E-state index contributed by atoms with van der Waals surface area (Å²) in [5.41, 5.74) is 0. The number of hydrogen-bond donors (Lipinski definition) is 1. The van der Waals surface area contributed by atoms with E-state index in [4.69, 9.17) is 4.52 Å². The van der Waals surface area contributed by atoms with Gasteiger partial charge in [0.05, 0.1) is 6.04 Å². The smallest absolute Gasteiger partial charge is 0.223 e. The molecule has 0 amide bonds. The Kier molecular flexibility index (Phi) is 2.31. The Morgan fingerprint density at radius 2 is 2.38 bits per heavy atom. The number of aryl methyl sites for hydroxylation is 1. The van der Waals surface area contributed by atoms with Crippen molar-refractivity contribution >= 4 is 0 Å². The lowest BCUT2D eigenvalue weighted by molar-refractivity contribution is 0.374. The Morgan fingerprint density at radius 3 is 2.85 bits per heavy atom. The van der Waals surface area contributed by atoms with Gasteiger partial charge < -0.3 is 9.84 Å². The van der Waals surface area contributed by atoms with Gasteiger partial charge in [-0.1, -0.05) is 18.0 Å². The highest BCUT2D eigenvalue weighted by Gasteiger charge is 2.27. The van der Waals surface area contributed by atoms with Crippen LogP contribution in [0.4, 0.5) is 0 Å². The maximum atomic E-state index is 4.95. The Bertz CT molecular complexity index is 280. The molecule has 13 heavy (non-hydrogen) atoms. The van der Waals surface area contributed by atoms with E-state index in [-0.39, 0.29) is 6.04 Å². The third-order valence-electron chi connectivity index (χ3n) is 2.47. The quantitative estimate of drug-likeness (QED) is 0.763. The second kappa shape index (κ2) is 3.46. The Morgan fingerprint density at radius 1 is 1.62 bits per heavy atom. The fourth-order valence-corrected chi connectivity index (χ4v) is 1.50. The summed E-state index contributed by atoms with van der Waals surface area (Å²) in [7, 11) is 1.94. The SMILES string of the molecule is CN[C@@H](CC1CC1)c1noc(C)n1. The minimum atomic E-state index is 0.268. The fourth-order valence-electron chi connectivity index (χ4n) is 1.50. The van der Waals surface area contributed by atoms with Crippen molar-refractivity contribution in [3.05, 3.63) is 11.7 Å². The fraction of sp³-hybridized carbons (Fsp3) is 0.778. The van der Waals surface area contributed by atoms with Crippen LogP contribution in [0.3, 0.4) is 0 Å². The first-order valence-corrected chi connectivity index (χ1v) is 4.77. The van der Waals surface area contributed by atoms with Gasteiger partial charge in [-0.05, 0) is 19.4 Å². The third-order valence-corrected chi connectivity index (χ3v) is 2.47. The van der Waals surface area contributed by atoms with Crippen LogP contribution >= 0.6 is 0 Å². The zero-order chi connectivity index (χ0) is 9.26. The Hall–Kier alpha value is -0.900. The lowest BCUT2D eigenvalue weighted by atomic mass is 10.1. The van der Waals surface area contributed by atoms with Gasteiger partial charge >= 0.3 is 0 Å². The Labute approximate surface area is 77.7 Å². The van der Waals surface area contributed by atoms with Crippen molar-refractivity contribution in [2.75, 3.05) is 7.05 Å². The minimum Gasteiger partial charge on any atom is -0.340 e. The summed E-state index contributed by atoms with van der Waals surface area (Å²) in [5.74, 6) is 2.31. The van der Waals surface area contributed by atoms with Gasteiger partial charge in [-0.3, -0.25) is 0 Å². The molecule has 0 spiro atoms. The molecule has 1 N–H and O–H groups in total. The summed E-state index contributed by atoms with van der Waals surface area (Å²) in [6.45, 7) is 1.82. The molecule has 1 atom stereocenters. The number of aromatic nitrogens is 2. The molecular weight excluding hydrogens is 166 g/mol. The summed E-state index contributed by atoms with van der Waals surface area (Å²) >= 11 is 0. The Balaban J connectivity index is 2.01. The molecule has 1 saturated carbocycles. The number of nitrogens with one attached hydrogen (secondary N) is 1. The summed E-state index contributed by atoms with van der Waals surface area (Å²) in [5, 5.41) is 7.14.